The molecule has 0 aliphatic heterocycles. The van der Waals surface area contributed by atoms with Crippen molar-refractivity contribution in [2.75, 3.05) is 0 Å². The van der Waals surface area contributed by atoms with Crippen LogP contribution in [0.4, 0.5) is 0 Å². The van der Waals surface area contributed by atoms with Gasteiger partial charge in [-0.2, -0.15) is 5.26 Å². The van der Waals surface area contributed by atoms with E-state index < -0.39 is 0 Å². The number of nitrogens with zero attached hydrogens (tertiary/aromatic N) is 2. The molecule has 0 spiro atoms. The zero-order chi connectivity index (χ0) is 20.3. The summed E-state index contributed by atoms with van der Waals surface area (Å²) in [4.78, 5) is 3.98. The summed E-state index contributed by atoms with van der Waals surface area (Å²) in [5.41, 5.74) is 3.88. The lowest BCUT2D eigenvalue weighted by molar-refractivity contribution is 0.690. The minimum Gasteiger partial charge on any atom is -0.264 e. The van der Waals surface area contributed by atoms with Crippen molar-refractivity contribution in [3.63, 3.8) is 0 Å². The number of benzene rings is 4. The average molecular weight is 423 g/mol. The fraction of sp³-hybridized carbons (Fsp3) is 0.143. The van der Waals surface area contributed by atoms with E-state index in [9.17, 15) is 0 Å². The normalized spacial score (nSPS) is 12.4. The highest BCUT2D eigenvalue weighted by molar-refractivity contribution is 6.08. The van der Waals surface area contributed by atoms with E-state index in [0.29, 0.717) is 5.56 Å². The first-order valence-corrected chi connectivity index (χ1v) is 10.5. The molecule has 1 heterocycles. The summed E-state index contributed by atoms with van der Waals surface area (Å²) in [7, 11) is 0. The first-order chi connectivity index (χ1) is 14.8. The number of rotatable bonds is 0. The third-order valence-electron chi connectivity index (χ3n) is 6.06. The minimum atomic E-state index is 0. The molecule has 3 heteroatoms. The largest absolute Gasteiger partial charge is 0.264 e. The van der Waals surface area contributed by atoms with E-state index in [-0.39, 0.29) is 12.4 Å². The Morgan fingerprint density at radius 2 is 1.48 bits per heavy atom. The second kappa shape index (κ2) is 9.16. The molecule has 5 aromatic rings. The smallest absolute Gasteiger partial charge is 0.0998 e. The van der Waals surface area contributed by atoms with Crippen LogP contribution in [0.25, 0.3) is 32.3 Å². The van der Waals surface area contributed by atoms with Gasteiger partial charge in [0.25, 0.3) is 0 Å². The third-order valence-corrected chi connectivity index (χ3v) is 6.06. The van der Waals surface area contributed by atoms with Gasteiger partial charge in [-0.25, -0.2) is 0 Å². The predicted molar refractivity (Wildman–Crippen MR) is 132 cm³/mol. The van der Waals surface area contributed by atoms with Crippen molar-refractivity contribution in [1.29, 1.82) is 5.26 Å². The molecular formula is C28H23ClN2. The number of pyridine rings is 1. The van der Waals surface area contributed by atoms with Crippen LogP contribution < -0.4 is 0 Å². The zero-order valence-corrected chi connectivity index (χ0v) is 18.0. The van der Waals surface area contributed by atoms with Crippen LogP contribution in [0.5, 0.6) is 0 Å². The number of hydrogen-bond acceptors (Lipinski definition) is 2. The molecule has 0 atom stereocenters. The Balaban J connectivity index is 0.000000156. The molecule has 1 aliphatic rings. The lowest BCUT2D eigenvalue weighted by atomic mass is 9.86. The fourth-order valence-corrected chi connectivity index (χ4v) is 4.56. The summed E-state index contributed by atoms with van der Waals surface area (Å²) in [6, 6.07) is 27.6. The molecular weight excluding hydrogens is 400 g/mol. The standard InChI is InChI=1S/C18H16.C10H6N2.ClH/c1-3-7-15-13(5-1)9-11-18-16-8-4-2-6-14(16)10-12-17(15)18;11-6-8-2-1-3-9-7-12-5-4-10(8)9;/h1,3,5,7,9-12H,2,4,6,8H2;1-5,7H;1H. The monoisotopic (exact) mass is 422 g/mol. The SMILES string of the molecule is Cl.N#Cc1cccc2cnccc12.c1ccc2c(c1)ccc1c3c(ccc12)CCCC3. The minimum absolute atomic E-state index is 0. The summed E-state index contributed by atoms with van der Waals surface area (Å²) in [6.07, 6.45) is 8.67. The van der Waals surface area contributed by atoms with Crippen molar-refractivity contribution in [2.24, 2.45) is 0 Å². The van der Waals surface area contributed by atoms with Gasteiger partial charge in [0, 0.05) is 23.2 Å². The molecule has 0 amide bonds. The van der Waals surface area contributed by atoms with Gasteiger partial charge in [0.1, 0.15) is 0 Å². The second-order valence-corrected chi connectivity index (χ2v) is 7.81. The van der Waals surface area contributed by atoms with Crippen LogP contribution in [0.15, 0.2) is 85.2 Å². The molecule has 0 bridgehead atoms. The molecule has 0 unspecified atom stereocenters. The highest BCUT2D eigenvalue weighted by atomic mass is 35.5. The van der Waals surface area contributed by atoms with Crippen LogP contribution in [-0.4, -0.2) is 4.98 Å². The van der Waals surface area contributed by atoms with Crippen LogP contribution in [0, 0.1) is 11.3 Å². The Morgan fingerprint density at radius 1 is 0.677 bits per heavy atom. The zero-order valence-electron chi connectivity index (χ0n) is 17.2. The van der Waals surface area contributed by atoms with Crippen molar-refractivity contribution < 1.29 is 0 Å². The van der Waals surface area contributed by atoms with Crippen molar-refractivity contribution in [2.45, 2.75) is 25.7 Å². The summed E-state index contributed by atoms with van der Waals surface area (Å²) < 4.78 is 0. The summed E-state index contributed by atoms with van der Waals surface area (Å²) in [6.45, 7) is 0. The van der Waals surface area contributed by atoms with Crippen molar-refractivity contribution in [3.8, 4) is 6.07 Å². The number of halogens is 1. The Kier molecular flexibility index (Phi) is 6.16. The van der Waals surface area contributed by atoms with Gasteiger partial charge in [-0.3, -0.25) is 4.98 Å². The first-order valence-electron chi connectivity index (χ1n) is 10.5. The third kappa shape index (κ3) is 3.98. The molecule has 31 heavy (non-hydrogen) atoms. The van der Waals surface area contributed by atoms with Gasteiger partial charge in [-0.15, -0.1) is 12.4 Å². The maximum atomic E-state index is 8.77. The predicted octanol–water partition coefficient (Wildman–Crippen LogP) is 7.40. The van der Waals surface area contributed by atoms with Crippen LogP contribution in [0.1, 0.15) is 29.5 Å². The van der Waals surface area contributed by atoms with Gasteiger partial charge in [-0.05, 0) is 70.5 Å². The number of aryl methyl sites for hydroxylation is 2. The van der Waals surface area contributed by atoms with E-state index >= 15 is 0 Å². The molecule has 0 saturated heterocycles. The van der Waals surface area contributed by atoms with Gasteiger partial charge in [0.05, 0.1) is 11.6 Å². The second-order valence-electron chi connectivity index (χ2n) is 7.81. The van der Waals surface area contributed by atoms with E-state index in [2.05, 4.69) is 59.6 Å². The fourth-order valence-electron chi connectivity index (χ4n) is 4.56. The number of nitriles is 1. The van der Waals surface area contributed by atoms with Crippen LogP contribution in [0.3, 0.4) is 0 Å². The molecule has 0 saturated carbocycles. The van der Waals surface area contributed by atoms with E-state index in [0.717, 1.165) is 10.8 Å². The van der Waals surface area contributed by atoms with E-state index in [1.54, 1.807) is 23.5 Å². The van der Waals surface area contributed by atoms with Crippen molar-refractivity contribution in [1.82, 2.24) is 4.98 Å². The Labute approximate surface area is 188 Å². The molecule has 0 fully saturated rings. The number of hydrogen-bond donors (Lipinski definition) is 0. The molecule has 0 radical (unpaired) electrons. The Morgan fingerprint density at radius 3 is 2.39 bits per heavy atom. The van der Waals surface area contributed by atoms with E-state index in [1.165, 1.54) is 47.2 Å². The summed E-state index contributed by atoms with van der Waals surface area (Å²) in [5.74, 6) is 0. The maximum Gasteiger partial charge on any atom is 0.0998 e. The van der Waals surface area contributed by atoms with Gasteiger partial charge in [0.2, 0.25) is 0 Å². The van der Waals surface area contributed by atoms with E-state index in [1.807, 2.05) is 24.3 Å². The Hall–Kier alpha value is -3.41. The number of fused-ring (bicyclic) bond motifs is 6. The van der Waals surface area contributed by atoms with Gasteiger partial charge < -0.3 is 0 Å². The molecule has 152 valence electrons. The van der Waals surface area contributed by atoms with Crippen LogP contribution in [-0.2, 0) is 12.8 Å². The molecule has 0 N–H and O–H groups in total. The van der Waals surface area contributed by atoms with Crippen LogP contribution in [0.2, 0.25) is 0 Å². The molecule has 1 aromatic heterocycles. The number of aromatic nitrogens is 1. The molecule has 2 nitrogen and oxygen atoms in total. The van der Waals surface area contributed by atoms with Gasteiger partial charge in [0.15, 0.2) is 0 Å². The molecule has 4 aromatic carbocycles. The topological polar surface area (TPSA) is 36.7 Å². The highest BCUT2D eigenvalue weighted by Gasteiger charge is 2.13. The highest BCUT2D eigenvalue weighted by Crippen LogP contribution is 2.33. The van der Waals surface area contributed by atoms with E-state index in [4.69, 9.17) is 5.26 Å². The average Bonchev–Trinajstić information content (AvgIpc) is 2.83. The summed E-state index contributed by atoms with van der Waals surface area (Å²) >= 11 is 0. The quantitative estimate of drug-likeness (QED) is 0.244. The summed E-state index contributed by atoms with van der Waals surface area (Å²) in [5, 5.41) is 16.4. The lowest BCUT2D eigenvalue weighted by Crippen LogP contribution is -2.02. The van der Waals surface area contributed by atoms with Crippen molar-refractivity contribution >= 4 is 44.7 Å². The van der Waals surface area contributed by atoms with Crippen molar-refractivity contribution in [3.05, 3.63) is 102 Å². The molecule has 6 rings (SSSR count). The first kappa shape index (κ1) is 20.8. The lowest BCUT2D eigenvalue weighted by Gasteiger charge is -2.18. The Bertz CT molecular complexity index is 1410. The maximum absolute atomic E-state index is 8.77. The van der Waals surface area contributed by atoms with Crippen LogP contribution >= 0.6 is 12.4 Å². The molecule has 1 aliphatic carbocycles. The van der Waals surface area contributed by atoms with Gasteiger partial charge >= 0.3 is 0 Å². The van der Waals surface area contributed by atoms with Gasteiger partial charge in [-0.1, -0.05) is 60.7 Å².